The van der Waals surface area contributed by atoms with E-state index >= 15 is 0 Å². The van der Waals surface area contributed by atoms with Crippen molar-refractivity contribution in [3.8, 4) is 22.9 Å². The number of aryl methyl sites for hydroxylation is 1. The summed E-state index contributed by atoms with van der Waals surface area (Å²) in [5, 5.41) is 9.09. The molecule has 0 fully saturated rings. The molecule has 7 heteroatoms. The van der Waals surface area contributed by atoms with Gasteiger partial charge >= 0.3 is 0 Å². The summed E-state index contributed by atoms with van der Waals surface area (Å²) in [6.45, 7) is 2.68. The Morgan fingerprint density at radius 1 is 1.00 bits per heavy atom. The Morgan fingerprint density at radius 2 is 1.69 bits per heavy atom. The molecular weight excluding hydrogens is 348 g/mol. The van der Waals surface area contributed by atoms with Gasteiger partial charge in [-0.1, -0.05) is 41.6 Å². The monoisotopic (exact) mass is 370 g/mol. The first kappa shape index (κ1) is 18.1. The molecule has 0 atom stereocenters. The molecule has 0 aliphatic heterocycles. The van der Waals surface area contributed by atoms with Crippen LogP contribution in [0.4, 0.5) is 0 Å². The molecule has 1 aromatic heterocycles. The fraction of sp³-hybridized carbons (Fsp3) is 0.263. The van der Waals surface area contributed by atoms with Crippen molar-refractivity contribution in [1.82, 2.24) is 14.9 Å². The maximum Gasteiger partial charge on any atom is 0.210 e. The first-order chi connectivity index (χ1) is 12.7. The lowest BCUT2D eigenvalue weighted by Gasteiger charge is -2.07. The third-order valence-corrected chi connectivity index (χ3v) is 4.85. The van der Waals surface area contributed by atoms with E-state index in [4.69, 9.17) is 15.3 Å². The molecule has 0 aliphatic rings. The zero-order chi connectivity index (χ0) is 18.4. The highest BCUT2D eigenvalue weighted by atomic mass is 32.2. The number of aromatic nitrogens is 3. The van der Waals surface area contributed by atoms with E-state index in [1.54, 1.807) is 23.5 Å². The number of nitrogens with two attached hydrogens (primary N) is 1. The summed E-state index contributed by atoms with van der Waals surface area (Å²) in [7, 11) is 1.65. The van der Waals surface area contributed by atoms with Gasteiger partial charge in [0.25, 0.3) is 0 Å². The van der Waals surface area contributed by atoms with Crippen molar-refractivity contribution in [2.24, 2.45) is 0 Å². The van der Waals surface area contributed by atoms with Gasteiger partial charge < -0.3 is 15.3 Å². The van der Waals surface area contributed by atoms with Crippen LogP contribution in [0.15, 0.2) is 53.7 Å². The van der Waals surface area contributed by atoms with Crippen LogP contribution in [0.25, 0.3) is 11.4 Å². The second-order valence-corrected chi connectivity index (χ2v) is 6.83. The number of nitrogens with zero attached hydrogens (tertiary/aromatic N) is 3. The van der Waals surface area contributed by atoms with E-state index in [1.807, 2.05) is 55.5 Å². The van der Waals surface area contributed by atoms with Crippen LogP contribution in [0.5, 0.6) is 11.5 Å². The lowest BCUT2D eigenvalue weighted by molar-refractivity contribution is 0.318. The predicted octanol–water partition coefficient (Wildman–Crippen LogP) is 3.54. The summed E-state index contributed by atoms with van der Waals surface area (Å²) in [6.07, 6.45) is 0.878. The van der Waals surface area contributed by atoms with Crippen molar-refractivity contribution < 1.29 is 9.47 Å². The summed E-state index contributed by atoms with van der Waals surface area (Å²) in [5.74, 6) is 9.30. The minimum Gasteiger partial charge on any atom is -0.497 e. The number of ether oxygens (including phenoxy) is 2. The molecule has 0 spiro atoms. The maximum atomic E-state index is 6.13. The molecule has 3 aromatic rings. The first-order valence-electron chi connectivity index (χ1n) is 8.34. The molecule has 0 saturated carbocycles. The highest BCUT2D eigenvalue weighted by molar-refractivity contribution is 7.99. The highest BCUT2D eigenvalue weighted by Crippen LogP contribution is 2.22. The number of rotatable bonds is 8. The predicted molar refractivity (Wildman–Crippen MR) is 104 cm³/mol. The second kappa shape index (κ2) is 8.62. The largest absolute Gasteiger partial charge is 0.497 e. The van der Waals surface area contributed by atoms with Gasteiger partial charge in [-0.15, -0.1) is 10.2 Å². The van der Waals surface area contributed by atoms with E-state index in [0.29, 0.717) is 17.6 Å². The van der Waals surface area contributed by atoms with E-state index in [2.05, 4.69) is 10.2 Å². The SMILES string of the molecule is COc1ccc(OCCCSc2nnc(-c3ccc(C)cc3)n2N)cc1. The molecule has 0 radical (unpaired) electrons. The van der Waals surface area contributed by atoms with Gasteiger partial charge in [0, 0.05) is 11.3 Å². The number of methoxy groups -OCH3 is 1. The number of benzene rings is 2. The van der Waals surface area contributed by atoms with E-state index in [0.717, 1.165) is 29.2 Å². The zero-order valence-corrected chi connectivity index (χ0v) is 15.7. The topological polar surface area (TPSA) is 75.2 Å². The Bertz CT molecular complexity index is 832. The molecule has 2 aromatic carbocycles. The van der Waals surface area contributed by atoms with Crippen molar-refractivity contribution in [3.05, 3.63) is 54.1 Å². The van der Waals surface area contributed by atoms with Gasteiger partial charge in [0.2, 0.25) is 5.16 Å². The Labute approximate surface area is 157 Å². The standard InChI is InChI=1S/C19H22N4O2S/c1-14-4-6-15(7-5-14)18-21-22-19(23(18)20)26-13-3-12-25-17-10-8-16(24-2)9-11-17/h4-11H,3,12-13,20H2,1-2H3. The van der Waals surface area contributed by atoms with Gasteiger partial charge in [-0.2, -0.15) is 0 Å². The van der Waals surface area contributed by atoms with Gasteiger partial charge in [-0.3, -0.25) is 0 Å². The molecule has 0 saturated heterocycles. The number of hydrogen-bond acceptors (Lipinski definition) is 6. The zero-order valence-electron chi connectivity index (χ0n) is 14.9. The van der Waals surface area contributed by atoms with Crippen LogP contribution in [0.2, 0.25) is 0 Å². The van der Waals surface area contributed by atoms with E-state index in [9.17, 15) is 0 Å². The summed E-state index contributed by atoms with van der Waals surface area (Å²) >= 11 is 1.57. The summed E-state index contributed by atoms with van der Waals surface area (Å²) in [4.78, 5) is 0. The fourth-order valence-electron chi connectivity index (χ4n) is 2.36. The third kappa shape index (κ3) is 4.49. The smallest absolute Gasteiger partial charge is 0.210 e. The second-order valence-electron chi connectivity index (χ2n) is 5.77. The molecule has 0 bridgehead atoms. The Kier molecular flexibility index (Phi) is 6.01. The summed E-state index contributed by atoms with van der Waals surface area (Å²) in [5.41, 5.74) is 2.16. The van der Waals surface area contributed by atoms with Crippen molar-refractivity contribution in [3.63, 3.8) is 0 Å². The number of hydrogen-bond donors (Lipinski definition) is 1. The maximum absolute atomic E-state index is 6.13. The Balaban J connectivity index is 1.47. The van der Waals surface area contributed by atoms with Crippen molar-refractivity contribution >= 4 is 11.8 Å². The molecule has 6 nitrogen and oxygen atoms in total. The first-order valence-corrected chi connectivity index (χ1v) is 9.33. The minimum absolute atomic E-state index is 0.628. The lowest BCUT2D eigenvalue weighted by Crippen LogP contribution is -2.11. The molecule has 0 aliphatic carbocycles. The summed E-state index contributed by atoms with van der Waals surface area (Å²) in [6, 6.07) is 15.6. The van der Waals surface area contributed by atoms with Crippen LogP contribution in [0.3, 0.4) is 0 Å². The van der Waals surface area contributed by atoms with Crippen molar-refractivity contribution in [2.45, 2.75) is 18.5 Å². The van der Waals surface area contributed by atoms with E-state index < -0.39 is 0 Å². The molecule has 2 N–H and O–H groups in total. The minimum atomic E-state index is 0.628. The molecule has 136 valence electrons. The van der Waals surface area contributed by atoms with E-state index in [-0.39, 0.29) is 0 Å². The number of thioether (sulfide) groups is 1. The van der Waals surface area contributed by atoms with Crippen LogP contribution in [-0.4, -0.2) is 34.3 Å². The van der Waals surface area contributed by atoms with Crippen molar-refractivity contribution in [1.29, 1.82) is 0 Å². The molecule has 26 heavy (non-hydrogen) atoms. The normalized spacial score (nSPS) is 10.7. The van der Waals surface area contributed by atoms with Crippen LogP contribution >= 0.6 is 11.8 Å². The molecule has 1 heterocycles. The number of nitrogen functional groups attached to an aromatic ring is 1. The lowest BCUT2D eigenvalue weighted by atomic mass is 10.1. The average Bonchev–Trinajstić information content (AvgIpc) is 3.03. The summed E-state index contributed by atoms with van der Waals surface area (Å²) < 4.78 is 12.4. The van der Waals surface area contributed by atoms with Gasteiger partial charge in [-0.05, 0) is 37.6 Å². The van der Waals surface area contributed by atoms with Gasteiger partial charge in [0.15, 0.2) is 5.82 Å². The van der Waals surface area contributed by atoms with Gasteiger partial charge in [0.1, 0.15) is 11.5 Å². The van der Waals surface area contributed by atoms with Crippen LogP contribution in [0, 0.1) is 6.92 Å². The molecule has 3 rings (SSSR count). The van der Waals surface area contributed by atoms with Crippen LogP contribution in [-0.2, 0) is 0 Å². The van der Waals surface area contributed by atoms with Crippen molar-refractivity contribution in [2.75, 3.05) is 25.3 Å². The average molecular weight is 370 g/mol. The van der Waals surface area contributed by atoms with Crippen LogP contribution < -0.4 is 15.3 Å². The quantitative estimate of drug-likeness (QED) is 0.371. The van der Waals surface area contributed by atoms with Gasteiger partial charge in [-0.25, -0.2) is 4.68 Å². The molecule has 0 amide bonds. The molecule has 0 unspecified atom stereocenters. The fourth-order valence-corrected chi connectivity index (χ4v) is 3.13. The Morgan fingerprint density at radius 3 is 2.38 bits per heavy atom. The molecular formula is C19H22N4O2S. The van der Waals surface area contributed by atoms with Crippen LogP contribution in [0.1, 0.15) is 12.0 Å². The third-order valence-electron chi connectivity index (χ3n) is 3.82. The Hall–Kier alpha value is -2.67. The highest BCUT2D eigenvalue weighted by Gasteiger charge is 2.11. The van der Waals surface area contributed by atoms with Gasteiger partial charge in [0.05, 0.1) is 13.7 Å². The van der Waals surface area contributed by atoms with E-state index in [1.165, 1.54) is 5.56 Å².